The van der Waals surface area contributed by atoms with Gasteiger partial charge in [0.05, 0.1) is 23.4 Å². The summed E-state index contributed by atoms with van der Waals surface area (Å²) < 4.78 is 7.44. The number of amides is 1. The zero-order valence-electron chi connectivity index (χ0n) is 18.1. The van der Waals surface area contributed by atoms with Gasteiger partial charge in [-0.3, -0.25) is 4.79 Å². The molecule has 2 aromatic rings. The summed E-state index contributed by atoms with van der Waals surface area (Å²) in [7, 11) is 1.71. The maximum absolute atomic E-state index is 12.9. The van der Waals surface area contributed by atoms with Gasteiger partial charge in [0.25, 0.3) is 0 Å². The number of aromatic nitrogens is 2. The van der Waals surface area contributed by atoms with Crippen LogP contribution in [0.4, 0.5) is 0 Å². The Morgan fingerprint density at radius 3 is 2.57 bits per heavy atom. The molecule has 1 heterocycles. The molecule has 0 radical (unpaired) electrons. The monoisotopic (exact) mass is 427 g/mol. The summed E-state index contributed by atoms with van der Waals surface area (Å²) in [6.45, 7) is 3.62. The molecule has 0 unspecified atom stereocenters. The largest absolute Gasteiger partial charge is 0.383 e. The lowest BCUT2D eigenvalue weighted by Crippen LogP contribution is -2.56. The Bertz CT molecular complexity index is 889. The number of rotatable bonds is 8. The highest BCUT2D eigenvalue weighted by Gasteiger charge is 2.53. The summed E-state index contributed by atoms with van der Waals surface area (Å²) in [5.74, 6) is 3.27. The van der Waals surface area contributed by atoms with E-state index in [0.717, 1.165) is 40.5 Å². The van der Waals surface area contributed by atoms with Crippen LogP contribution in [0, 0.1) is 23.2 Å². The van der Waals surface area contributed by atoms with Gasteiger partial charge < -0.3 is 14.6 Å². The molecule has 0 saturated heterocycles. The van der Waals surface area contributed by atoms with Crippen molar-refractivity contribution in [1.29, 1.82) is 0 Å². The van der Waals surface area contributed by atoms with Crippen LogP contribution in [-0.2, 0) is 16.1 Å². The van der Waals surface area contributed by atoms with Crippen LogP contribution < -0.4 is 5.32 Å². The molecule has 0 spiro atoms. The number of hydrogen-bond donors (Lipinski definition) is 1. The van der Waals surface area contributed by atoms with Crippen LogP contribution in [0.25, 0.3) is 11.0 Å². The van der Waals surface area contributed by atoms with Crippen molar-refractivity contribution in [2.45, 2.75) is 63.2 Å². The van der Waals surface area contributed by atoms with Crippen molar-refractivity contribution in [3.8, 4) is 0 Å². The molecule has 4 aliphatic rings. The van der Waals surface area contributed by atoms with Crippen LogP contribution in [0.3, 0.4) is 0 Å². The molecule has 6 rings (SSSR count). The summed E-state index contributed by atoms with van der Waals surface area (Å²) in [6, 6.07) is 8.41. The van der Waals surface area contributed by atoms with Crippen molar-refractivity contribution in [1.82, 2.24) is 14.9 Å². The van der Waals surface area contributed by atoms with Gasteiger partial charge in [0.15, 0.2) is 5.16 Å². The van der Waals surface area contributed by atoms with Gasteiger partial charge in [0, 0.05) is 19.7 Å². The Morgan fingerprint density at radius 1 is 1.23 bits per heavy atom. The minimum absolute atomic E-state index is 0.133. The van der Waals surface area contributed by atoms with E-state index >= 15 is 0 Å². The predicted octanol–water partition coefficient (Wildman–Crippen LogP) is 4.50. The predicted molar refractivity (Wildman–Crippen MR) is 121 cm³/mol. The molecule has 4 aliphatic carbocycles. The third-order valence-electron chi connectivity index (χ3n) is 7.85. The molecule has 4 saturated carbocycles. The fourth-order valence-corrected chi connectivity index (χ4v) is 7.69. The molecule has 0 aliphatic heterocycles. The van der Waals surface area contributed by atoms with Crippen molar-refractivity contribution in [3.05, 3.63) is 24.3 Å². The van der Waals surface area contributed by atoms with E-state index in [1.165, 1.54) is 50.3 Å². The average Bonchev–Trinajstić information content (AvgIpc) is 3.07. The first-order valence-electron chi connectivity index (χ1n) is 11.4. The molecule has 1 atom stereocenters. The Morgan fingerprint density at radius 2 is 1.90 bits per heavy atom. The first kappa shape index (κ1) is 20.4. The van der Waals surface area contributed by atoms with E-state index in [2.05, 4.69) is 22.9 Å². The van der Waals surface area contributed by atoms with Crippen LogP contribution in [0.2, 0.25) is 0 Å². The molecule has 162 valence electrons. The number of fused-ring (bicyclic) bond motifs is 1. The van der Waals surface area contributed by atoms with Crippen molar-refractivity contribution in [2.24, 2.45) is 23.2 Å². The highest BCUT2D eigenvalue weighted by Crippen LogP contribution is 2.61. The quantitative estimate of drug-likeness (QED) is 0.631. The van der Waals surface area contributed by atoms with E-state index in [0.29, 0.717) is 17.8 Å². The number of nitrogens with one attached hydrogen (secondary N) is 1. The van der Waals surface area contributed by atoms with Gasteiger partial charge in [-0.15, -0.1) is 0 Å². The summed E-state index contributed by atoms with van der Waals surface area (Å²) in [5, 5.41) is 4.28. The van der Waals surface area contributed by atoms with E-state index < -0.39 is 0 Å². The number of thioether (sulfide) groups is 1. The number of hydrogen-bond acceptors (Lipinski definition) is 4. The zero-order chi connectivity index (χ0) is 20.7. The van der Waals surface area contributed by atoms with Crippen molar-refractivity contribution >= 4 is 28.7 Å². The maximum Gasteiger partial charge on any atom is 0.230 e. The number of nitrogens with zero attached hydrogens (tertiary/aromatic N) is 2. The number of carbonyl (C=O) groups is 1. The zero-order valence-corrected chi connectivity index (χ0v) is 18.9. The number of carbonyl (C=O) groups excluding carboxylic acids is 1. The van der Waals surface area contributed by atoms with Gasteiger partial charge in [-0.05, 0) is 80.8 Å². The molecule has 1 aromatic carbocycles. The van der Waals surface area contributed by atoms with Crippen LogP contribution >= 0.6 is 11.8 Å². The van der Waals surface area contributed by atoms with Gasteiger partial charge in [-0.2, -0.15) is 0 Å². The highest BCUT2D eigenvalue weighted by atomic mass is 32.2. The fourth-order valence-electron chi connectivity index (χ4n) is 6.84. The topological polar surface area (TPSA) is 56.1 Å². The first-order chi connectivity index (χ1) is 14.6. The molecule has 30 heavy (non-hydrogen) atoms. The number of methoxy groups -OCH3 is 1. The van der Waals surface area contributed by atoms with E-state index in [9.17, 15) is 4.79 Å². The smallest absolute Gasteiger partial charge is 0.230 e. The molecular weight excluding hydrogens is 394 g/mol. The summed E-state index contributed by atoms with van der Waals surface area (Å²) in [5.41, 5.74) is 2.42. The third-order valence-corrected chi connectivity index (χ3v) is 8.83. The van der Waals surface area contributed by atoms with Crippen molar-refractivity contribution < 1.29 is 9.53 Å². The number of benzene rings is 1. The van der Waals surface area contributed by atoms with Crippen molar-refractivity contribution in [3.63, 3.8) is 0 Å². The summed E-state index contributed by atoms with van der Waals surface area (Å²) in [6.07, 6.45) is 8.27. The Balaban J connectivity index is 1.23. The second kappa shape index (κ2) is 8.19. The SMILES string of the molecule is COCCn1c(SCC(=O)N[C@@H](C)C23CC4CC(CC(C4)C2)C3)nc2ccccc21. The Hall–Kier alpha value is -1.53. The van der Waals surface area contributed by atoms with E-state index in [1.807, 2.05) is 18.2 Å². The lowest BCUT2D eigenvalue weighted by atomic mass is 9.48. The molecule has 4 fully saturated rings. The second-order valence-corrected chi connectivity index (χ2v) is 10.8. The third kappa shape index (κ3) is 3.77. The number of ether oxygens (including phenoxy) is 1. The van der Waals surface area contributed by atoms with Gasteiger partial charge >= 0.3 is 0 Å². The molecule has 5 nitrogen and oxygen atoms in total. The summed E-state index contributed by atoms with van der Waals surface area (Å²) in [4.78, 5) is 17.6. The standard InChI is InChI=1S/C24H33N3O2S/c1-16(24-12-17-9-18(13-24)11-19(10-17)14-24)25-22(28)15-30-23-26-20-5-3-4-6-21(20)27(23)7-8-29-2/h3-6,16-19H,7-15H2,1-2H3,(H,25,28)/t16-,17?,18?,19?,24?/m0/s1. The van der Waals surface area contributed by atoms with Crippen LogP contribution in [0.15, 0.2) is 29.4 Å². The van der Waals surface area contributed by atoms with Gasteiger partial charge in [-0.25, -0.2) is 4.98 Å². The van der Waals surface area contributed by atoms with Gasteiger partial charge in [0.1, 0.15) is 0 Å². The highest BCUT2D eigenvalue weighted by molar-refractivity contribution is 7.99. The molecule has 1 N–H and O–H groups in total. The molecule has 1 amide bonds. The van der Waals surface area contributed by atoms with Gasteiger partial charge in [0.2, 0.25) is 5.91 Å². The molecular formula is C24H33N3O2S. The van der Waals surface area contributed by atoms with Crippen LogP contribution in [0.5, 0.6) is 0 Å². The number of para-hydroxylation sites is 2. The maximum atomic E-state index is 12.9. The van der Waals surface area contributed by atoms with Crippen molar-refractivity contribution in [2.75, 3.05) is 19.5 Å². The molecule has 1 aromatic heterocycles. The fraction of sp³-hybridized carbons (Fsp3) is 0.667. The Kier molecular flexibility index (Phi) is 5.56. The minimum Gasteiger partial charge on any atom is -0.383 e. The lowest BCUT2D eigenvalue weighted by molar-refractivity contribution is -0.123. The van der Waals surface area contributed by atoms with E-state index in [1.54, 1.807) is 7.11 Å². The van der Waals surface area contributed by atoms with Gasteiger partial charge in [-0.1, -0.05) is 23.9 Å². The second-order valence-electron chi connectivity index (χ2n) is 9.89. The number of imidazole rings is 1. The lowest BCUT2D eigenvalue weighted by Gasteiger charge is -2.59. The van der Waals surface area contributed by atoms with Crippen LogP contribution in [0.1, 0.15) is 45.4 Å². The minimum atomic E-state index is 0.133. The average molecular weight is 428 g/mol. The Labute approximate surface area is 183 Å². The normalized spacial score (nSPS) is 30.7. The van der Waals surface area contributed by atoms with E-state index in [4.69, 9.17) is 9.72 Å². The molecule has 6 heteroatoms. The molecule has 4 bridgehead atoms. The summed E-state index contributed by atoms with van der Waals surface area (Å²) >= 11 is 1.53. The van der Waals surface area contributed by atoms with Crippen LogP contribution in [-0.4, -0.2) is 41.0 Å². The first-order valence-corrected chi connectivity index (χ1v) is 12.4. The van der Waals surface area contributed by atoms with E-state index in [-0.39, 0.29) is 11.9 Å².